The summed E-state index contributed by atoms with van der Waals surface area (Å²) in [5.41, 5.74) is 0.719. The second kappa shape index (κ2) is 6.83. The summed E-state index contributed by atoms with van der Waals surface area (Å²) < 4.78 is 37.7. The summed E-state index contributed by atoms with van der Waals surface area (Å²) in [5.74, 6) is -2.32. The molecule has 132 valence electrons. The monoisotopic (exact) mass is 343 g/mol. The van der Waals surface area contributed by atoms with E-state index in [9.17, 15) is 22.8 Å². The molecule has 2 rings (SSSR count). The molecule has 1 aromatic rings. The van der Waals surface area contributed by atoms with Crippen molar-refractivity contribution in [3.8, 4) is 0 Å². The quantitative estimate of drug-likeness (QED) is 0.862. The van der Waals surface area contributed by atoms with Gasteiger partial charge in [0.1, 0.15) is 6.04 Å². The average molecular weight is 343 g/mol. The third-order valence-corrected chi connectivity index (χ3v) is 4.50. The first-order chi connectivity index (χ1) is 11.1. The summed E-state index contributed by atoms with van der Waals surface area (Å²) in [4.78, 5) is 23.8. The van der Waals surface area contributed by atoms with E-state index in [1.807, 2.05) is 19.1 Å². The van der Waals surface area contributed by atoms with E-state index in [1.165, 1.54) is 0 Å². The summed E-state index contributed by atoms with van der Waals surface area (Å²) in [6.45, 7) is 1.87. The zero-order valence-corrected chi connectivity index (χ0v) is 13.3. The lowest BCUT2D eigenvalue weighted by atomic mass is 9.77. The van der Waals surface area contributed by atoms with Crippen LogP contribution in [0.3, 0.4) is 0 Å². The number of carboxylic acids is 1. The van der Waals surface area contributed by atoms with Crippen LogP contribution in [0, 0.1) is 6.92 Å². The molecule has 1 atom stereocenters. The third-order valence-electron chi connectivity index (χ3n) is 4.50. The molecule has 0 bridgehead atoms. The van der Waals surface area contributed by atoms with Crippen LogP contribution in [0.4, 0.5) is 13.2 Å². The summed E-state index contributed by atoms with van der Waals surface area (Å²) in [7, 11) is 0. The number of amides is 1. The number of carbonyl (C=O) groups is 2. The normalized spacial score (nSPS) is 18.2. The molecule has 1 fully saturated rings. The molecule has 1 aromatic carbocycles. The van der Waals surface area contributed by atoms with Crippen molar-refractivity contribution < 1.29 is 27.9 Å². The number of nitrogens with one attached hydrogen (secondary N) is 1. The SMILES string of the molecule is Cc1cccc(C2(C(=O)NC(CC(F)(F)F)C(=O)O)CCCC2)c1. The molecule has 1 unspecified atom stereocenters. The zero-order valence-electron chi connectivity index (χ0n) is 13.3. The first kappa shape index (κ1) is 18.3. The van der Waals surface area contributed by atoms with Crippen molar-refractivity contribution in [2.75, 3.05) is 0 Å². The van der Waals surface area contributed by atoms with Gasteiger partial charge in [0.25, 0.3) is 0 Å². The smallest absolute Gasteiger partial charge is 0.391 e. The second-order valence-corrected chi connectivity index (χ2v) is 6.34. The fraction of sp³-hybridized carbons (Fsp3) is 0.529. The first-order valence-corrected chi connectivity index (χ1v) is 7.82. The minimum Gasteiger partial charge on any atom is -0.480 e. The van der Waals surface area contributed by atoms with Gasteiger partial charge in [-0.1, -0.05) is 42.7 Å². The number of hydrogen-bond acceptors (Lipinski definition) is 2. The van der Waals surface area contributed by atoms with Gasteiger partial charge in [0.05, 0.1) is 11.8 Å². The molecule has 4 nitrogen and oxygen atoms in total. The van der Waals surface area contributed by atoms with E-state index in [4.69, 9.17) is 5.11 Å². The highest BCUT2D eigenvalue weighted by molar-refractivity contribution is 5.91. The molecule has 2 N–H and O–H groups in total. The van der Waals surface area contributed by atoms with Gasteiger partial charge in [0, 0.05) is 0 Å². The Morgan fingerprint density at radius 2 is 1.92 bits per heavy atom. The Hall–Kier alpha value is -2.05. The Morgan fingerprint density at radius 3 is 2.42 bits per heavy atom. The van der Waals surface area contributed by atoms with Gasteiger partial charge < -0.3 is 10.4 Å². The van der Waals surface area contributed by atoms with Crippen LogP contribution >= 0.6 is 0 Å². The van der Waals surface area contributed by atoms with Crippen LogP contribution < -0.4 is 5.32 Å². The van der Waals surface area contributed by atoms with Crippen LogP contribution in [0.5, 0.6) is 0 Å². The van der Waals surface area contributed by atoms with Crippen LogP contribution in [0.1, 0.15) is 43.2 Å². The summed E-state index contributed by atoms with van der Waals surface area (Å²) in [5, 5.41) is 11.1. The molecule has 24 heavy (non-hydrogen) atoms. The van der Waals surface area contributed by atoms with Gasteiger partial charge >= 0.3 is 12.1 Å². The molecule has 0 heterocycles. The Balaban J connectivity index is 2.27. The number of carboxylic acid groups (broad SMARTS) is 1. The van der Waals surface area contributed by atoms with Gasteiger partial charge in [-0.05, 0) is 25.3 Å². The van der Waals surface area contributed by atoms with Gasteiger partial charge in [-0.2, -0.15) is 13.2 Å². The standard InChI is InChI=1S/C17H20F3NO3/c1-11-5-4-6-12(9-11)16(7-2-3-8-16)15(24)21-13(14(22)23)10-17(18,19)20/h4-6,9,13H,2-3,7-8,10H2,1H3,(H,21,24)(H,22,23). The topological polar surface area (TPSA) is 66.4 Å². The van der Waals surface area contributed by atoms with Crippen LogP contribution in [-0.4, -0.2) is 29.2 Å². The lowest BCUT2D eigenvalue weighted by Gasteiger charge is -2.30. The highest BCUT2D eigenvalue weighted by atomic mass is 19.4. The minimum atomic E-state index is -4.66. The van der Waals surface area contributed by atoms with E-state index < -0.39 is 35.9 Å². The number of rotatable bonds is 5. The van der Waals surface area contributed by atoms with Crippen molar-refractivity contribution in [1.82, 2.24) is 5.32 Å². The first-order valence-electron chi connectivity index (χ1n) is 7.82. The molecule has 1 aliphatic carbocycles. The highest BCUT2D eigenvalue weighted by Crippen LogP contribution is 2.42. The summed E-state index contributed by atoms with van der Waals surface area (Å²) in [6, 6.07) is 5.30. The molecule has 1 amide bonds. The molecule has 1 saturated carbocycles. The Kier molecular flexibility index (Phi) is 5.20. The number of aryl methyl sites for hydroxylation is 1. The summed E-state index contributed by atoms with van der Waals surface area (Å²) in [6.07, 6.45) is -3.70. The largest absolute Gasteiger partial charge is 0.480 e. The van der Waals surface area contributed by atoms with Crippen molar-refractivity contribution in [3.63, 3.8) is 0 Å². The van der Waals surface area contributed by atoms with E-state index in [-0.39, 0.29) is 0 Å². The molecule has 0 aromatic heterocycles. The zero-order chi connectivity index (χ0) is 18.0. The van der Waals surface area contributed by atoms with E-state index in [2.05, 4.69) is 5.32 Å². The predicted octanol–water partition coefficient (Wildman–Crippen LogP) is 3.33. The second-order valence-electron chi connectivity index (χ2n) is 6.34. The van der Waals surface area contributed by atoms with E-state index in [1.54, 1.807) is 12.1 Å². The number of aliphatic carboxylic acids is 1. The minimum absolute atomic E-state index is 0.501. The molecule has 0 spiro atoms. The lowest BCUT2D eigenvalue weighted by Crippen LogP contribution is -2.51. The van der Waals surface area contributed by atoms with Crippen LogP contribution in [0.25, 0.3) is 0 Å². The van der Waals surface area contributed by atoms with E-state index >= 15 is 0 Å². The van der Waals surface area contributed by atoms with Crippen LogP contribution in [-0.2, 0) is 15.0 Å². The Morgan fingerprint density at radius 1 is 1.29 bits per heavy atom. The molecule has 0 saturated heterocycles. The fourth-order valence-electron chi connectivity index (χ4n) is 3.30. The van der Waals surface area contributed by atoms with E-state index in [0.717, 1.165) is 24.0 Å². The summed E-state index contributed by atoms with van der Waals surface area (Å²) >= 11 is 0. The molecular weight excluding hydrogens is 323 g/mol. The van der Waals surface area contributed by atoms with Gasteiger partial charge in [0.15, 0.2) is 0 Å². The van der Waals surface area contributed by atoms with Crippen molar-refractivity contribution in [3.05, 3.63) is 35.4 Å². The molecule has 0 aliphatic heterocycles. The molecule has 7 heteroatoms. The average Bonchev–Trinajstić information content (AvgIpc) is 2.95. The van der Waals surface area contributed by atoms with Gasteiger partial charge in [0.2, 0.25) is 5.91 Å². The number of carbonyl (C=O) groups excluding carboxylic acids is 1. The molecule has 1 aliphatic rings. The maximum atomic E-state index is 12.7. The van der Waals surface area contributed by atoms with Crippen LogP contribution in [0.2, 0.25) is 0 Å². The maximum Gasteiger partial charge on any atom is 0.391 e. The Bertz CT molecular complexity index is 622. The highest BCUT2D eigenvalue weighted by Gasteiger charge is 2.45. The number of alkyl halides is 3. The third kappa shape index (κ3) is 4.07. The van der Waals surface area contributed by atoms with Crippen LogP contribution in [0.15, 0.2) is 24.3 Å². The van der Waals surface area contributed by atoms with Crippen molar-refractivity contribution in [2.24, 2.45) is 0 Å². The van der Waals surface area contributed by atoms with E-state index in [0.29, 0.717) is 12.8 Å². The van der Waals surface area contributed by atoms with Crippen molar-refractivity contribution >= 4 is 11.9 Å². The molecule has 0 radical (unpaired) electrons. The van der Waals surface area contributed by atoms with Gasteiger partial charge in [-0.3, -0.25) is 4.79 Å². The predicted molar refractivity (Wildman–Crippen MR) is 81.6 cm³/mol. The van der Waals surface area contributed by atoms with Gasteiger partial charge in [-0.15, -0.1) is 0 Å². The fourth-order valence-corrected chi connectivity index (χ4v) is 3.30. The molecular formula is C17H20F3NO3. The number of halogens is 3. The number of benzene rings is 1. The van der Waals surface area contributed by atoms with Crippen molar-refractivity contribution in [1.29, 1.82) is 0 Å². The maximum absolute atomic E-state index is 12.7. The number of hydrogen-bond donors (Lipinski definition) is 2. The Labute approximate surface area is 138 Å². The van der Waals surface area contributed by atoms with Crippen molar-refractivity contribution in [2.45, 2.75) is 56.7 Å². The van der Waals surface area contributed by atoms with Gasteiger partial charge in [-0.25, -0.2) is 4.79 Å². The lowest BCUT2D eigenvalue weighted by molar-refractivity contribution is -0.160.